The molecule has 1 aromatic heterocycles. The summed E-state index contributed by atoms with van der Waals surface area (Å²) in [6.07, 6.45) is 0. The molecule has 4 rings (SSSR count). The predicted octanol–water partition coefficient (Wildman–Crippen LogP) is 1.55. The van der Waals surface area contributed by atoms with E-state index in [0.717, 1.165) is 49.4 Å². The minimum Gasteiger partial charge on any atom is -0.454 e. The maximum Gasteiger partial charge on any atom is 0.270 e. The molecule has 0 aliphatic carbocycles. The van der Waals surface area contributed by atoms with Crippen molar-refractivity contribution in [2.24, 2.45) is 0 Å². The highest BCUT2D eigenvalue weighted by Gasteiger charge is 2.21. The molecule has 1 saturated heterocycles. The fourth-order valence-electron chi connectivity index (χ4n) is 3.04. The van der Waals surface area contributed by atoms with Gasteiger partial charge in [0.25, 0.3) is 5.91 Å². The Hall–Kier alpha value is -2.32. The Morgan fingerprint density at radius 3 is 2.84 bits per heavy atom. The molecule has 2 aliphatic rings. The summed E-state index contributed by atoms with van der Waals surface area (Å²) >= 11 is 1.52. The number of carbonyl (C=O) groups is 1. The van der Waals surface area contributed by atoms with Gasteiger partial charge in [0.2, 0.25) is 6.79 Å². The normalized spacial score (nSPS) is 16.9. The zero-order valence-electron chi connectivity index (χ0n) is 14.0. The molecule has 132 valence electrons. The molecule has 0 unspecified atom stereocenters. The summed E-state index contributed by atoms with van der Waals surface area (Å²) in [5.74, 6) is 1.52. The molecule has 0 bridgehead atoms. The fraction of sp³-hybridized carbons (Fsp3) is 0.412. The lowest BCUT2D eigenvalue weighted by molar-refractivity contribution is 0.0959. The van der Waals surface area contributed by atoms with Crippen LogP contribution in [0.2, 0.25) is 0 Å². The van der Waals surface area contributed by atoms with Crippen molar-refractivity contribution in [1.82, 2.24) is 15.2 Å². The van der Waals surface area contributed by atoms with Crippen molar-refractivity contribution in [3.8, 4) is 11.5 Å². The summed E-state index contributed by atoms with van der Waals surface area (Å²) in [6.45, 7) is 4.94. The first-order chi connectivity index (χ1) is 12.2. The van der Waals surface area contributed by atoms with E-state index in [-0.39, 0.29) is 5.91 Å². The smallest absolute Gasteiger partial charge is 0.270 e. The quantitative estimate of drug-likeness (QED) is 0.892. The van der Waals surface area contributed by atoms with Crippen molar-refractivity contribution < 1.29 is 14.3 Å². The lowest BCUT2D eigenvalue weighted by Crippen LogP contribution is -2.46. The lowest BCUT2D eigenvalue weighted by atomic mass is 10.1. The van der Waals surface area contributed by atoms with Crippen LogP contribution < -0.4 is 19.7 Å². The summed E-state index contributed by atoms with van der Waals surface area (Å²) in [6, 6.07) is 6.13. The van der Waals surface area contributed by atoms with Gasteiger partial charge < -0.3 is 19.7 Å². The number of benzene rings is 1. The van der Waals surface area contributed by atoms with Crippen LogP contribution in [0, 0.1) is 0 Å². The van der Waals surface area contributed by atoms with E-state index in [0.29, 0.717) is 12.5 Å². The minimum atomic E-state index is -0.135. The molecule has 1 amide bonds. The third-order valence-electron chi connectivity index (χ3n) is 4.44. The minimum absolute atomic E-state index is 0.135. The Morgan fingerprint density at radius 1 is 1.24 bits per heavy atom. The van der Waals surface area contributed by atoms with Crippen molar-refractivity contribution in [3.05, 3.63) is 34.8 Å². The van der Waals surface area contributed by atoms with E-state index in [4.69, 9.17) is 9.47 Å². The third-order valence-corrected chi connectivity index (χ3v) is 5.34. The number of carbonyl (C=O) groups excluding carboxylic acids is 1. The summed E-state index contributed by atoms with van der Waals surface area (Å²) < 4.78 is 10.8. The highest BCUT2D eigenvalue weighted by molar-refractivity contribution is 7.13. The number of piperazine rings is 1. The van der Waals surface area contributed by atoms with Crippen LogP contribution in [0.3, 0.4) is 0 Å². The molecule has 7 nitrogen and oxygen atoms in total. The van der Waals surface area contributed by atoms with Gasteiger partial charge in [-0.2, -0.15) is 0 Å². The maximum absolute atomic E-state index is 11.6. The molecule has 1 fully saturated rings. The van der Waals surface area contributed by atoms with Crippen LogP contribution in [0.15, 0.2) is 23.6 Å². The Labute approximate surface area is 150 Å². The van der Waals surface area contributed by atoms with Crippen LogP contribution in [-0.4, -0.2) is 55.8 Å². The number of amides is 1. The molecule has 1 N–H and O–H groups in total. The molecule has 2 aliphatic heterocycles. The second kappa shape index (κ2) is 6.89. The number of fused-ring (bicyclic) bond motifs is 1. The van der Waals surface area contributed by atoms with Crippen LogP contribution in [0.5, 0.6) is 11.5 Å². The number of hydrogen-bond acceptors (Lipinski definition) is 7. The van der Waals surface area contributed by atoms with Crippen LogP contribution in [0.1, 0.15) is 16.1 Å². The summed E-state index contributed by atoms with van der Waals surface area (Å²) in [5, 5.41) is 5.34. The van der Waals surface area contributed by atoms with Gasteiger partial charge in [-0.25, -0.2) is 4.98 Å². The van der Waals surface area contributed by atoms with E-state index in [2.05, 4.69) is 32.2 Å². The van der Waals surface area contributed by atoms with Gasteiger partial charge in [0.1, 0.15) is 5.69 Å². The van der Waals surface area contributed by atoms with E-state index in [9.17, 15) is 4.79 Å². The number of ether oxygens (including phenoxy) is 2. The largest absolute Gasteiger partial charge is 0.454 e. The molecule has 8 heteroatoms. The van der Waals surface area contributed by atoms with Gasteiger partial charge >= 0.3 is 0 Å². The molecular weight excluding hydrogens is 340 g/mol. The van der Waals surface area contributed by atoms with E-state index in [1.807, 2.05) is 11.4 Å². The number of nitrogens with one attached hydrogen (secondary N) is 1. The number of aromatic nitrogens is 1. The van der Waals surface area contributed by atoms with E-state index < -0.39 is 0 Å². The maximum atomic E-state index is 11.6. The zero-order chi connectivity index (χ0) is 17.2. The molecule has 2 aromatic rings. The molecule has 25 heavy (non-hydrogen) atoms. The van der Waals surface area contributed by atoms with E-state index in [1.54, 1.807) is 7.05 Å². The number of nitrogens with zero attached hydrogens (tertiary/aromatic N) is 3. The topological polar surface area (TPSA) is 66.9 Å². The molecule has 0 atom stereocenters. The first-order valence-electron chi connectivity index (χ1n) is 8.26. The van der Waals surface area contributed by atoms with Gasteiger partial charge in [0, 0.05) is 45.2 Å². The van der Waals surface area contributed by atoms with Gasteiger partial charge in [-0.15, -0.1) is 11.3 Å². The van der Waals surface area contributed by atoms with Crippen molar-refractivity contribution in [2.45, 2.75) is 6.54 Å². The van der Waals surface area contributed by atoms with Crippen molar-refractivity contribution >= 4 is 22.4 Å². The fourth-order valence-corrected chi connectivity index (χ4v) is 3.90. The average molecular weight is 360 g/mol. The van der Waals surface area contributed by atoms with Crippen molar-refractivity contribution in [2.75, 3.05) is 44.9 Å². The van der Waals surface area contributed by atoms with Gasteiger partial charge in [-0.05, 0) is 17.7 Å². The Bertz CT molecular complexity index is 771. The summed E-state index contributed by atoms with van der Waals surface area (Å²) in [7, 11) is 1.62. The third kappa shape index (κ3) is 3.40. The molecule has 0 saturated carbocycles. The second-order valence-electron chi connectivity index (χ2n) is 6.05. The number of hydrogen-bond donors (Lipinski definition) is 1. The molecular formula is C17H20N4O3S. The standard InChI is InChI=1S/C17H20N4O3S/c1-18-16(22)13-10-25-17(19-13)21-6-4-20(5-7-21)9-12-2-3-14-15(8-12)24-11-23-14/h2-3,8,10H,4-7,9,11H2,1H3,(H,18,22). The lowest BCUT2D eigenvalue weighted by Gasteiger charge is -2.34. The van der Waals surface area contributed by atoms with Gasteiger partial charge in [-0.1, -0.05) is 6.07 Å². The summed E-state index contributed by atoms with van der Waals surface area (Å²) in [4.78, 5) is 20.7. The number of rotatable bonds is 4. The van der Waals surface area contributed by atoms with Crippen molar-refractivity contribution in [3.63, 3.8) is 0 Å². The SMILES string of the molecule is CNC(=O)c1csc(N2CCN(Cc3ccc4c(c3)OCO4)CC2)n1. The summed E-state index contributed by atoms with van der Waals surface area (Å²) in [5.41, 5.74) is 1.72. The Morgan fingerprint density at radius 2 is 2.04 bits per heavy atom. The first kappa shape index (κ1) is 16.2. The average Bonchev–Trinajstić information content (AvgIpc) is 3.31. The zero-order valence-corrected chi connectivity index (χ0v) is 14.8. The Kier molecular flexibility index (Phi) is 4.46. The molecule has 1 aromatic carbocycles. The second-order valence-corrected chi connectivity index (χ2v) is 6.88. The molecule has 0 spiro atoms. The van der Waals surface area contributed by atoms with Crippen LogP contribution >= 0.6 is 11.3 Å². The number of anilines is 1. The van der Waals surface area contributed by atoms with Gasteiger partial charge in [0.05, 0.1) is 0 Å². The first-order valence-corrected chi connectivity index (χ1v) is 9.14. The highest BCUT2D eigenvalue weighted by Crippen LogP contribution is 2.33. The predicted molar refractivity (Wildman–Crippen MR) is 95.6 cm³/mol. The van der Waals surface area contributed by atoms with Crippen LogP contribution in [0.25, 0.3) is 0 Å². The van der Waals surface area contributed by atoms with E-state index >= 15 is 0 Å². The highest BCUT2D eigenvalue weighted by atomic mass is 32.1. The van der Waals surface area contributed by atoms with Crippen molar-refractivity contribution in [1.29, 1.82) is 0 Å². The van der Waals surface area contributed by atoms with Gasteiger partial charge in [-0.3, -0.25) is 9.69 Å². The monoisotopic (exact) mass is 360 g/mol. The van der Waals surface area contributed by atoms with Crippen LogP contribution in [0.4, 0.5) is 5.13 Å². The van der Waals surface area contributed by atoms with Gasteiger partial charge in [0.15, 0.2) is 16.6 Å². The Balaban J connectivity index is 1.34. The van der Waals surface area contributed by atoms with Crippen LogP contribution in [-0.2, 0) is 6.54 Å². The number of thiazole rings is 1. The molecule has 0 radical (unpaired) electrons. The molecule has 3 heterocycles. The van der Waals surface area contributed by atoms with E-state index in [1.165, 1.54) is 16.9 Å².